The third-order valence-electron chi connectivity index (χ3n) is 4.31. The number of hydrogen-bond donors (Lipinski definition) is 2. The zero-order valence-corrected chi connectivity index (χ0v) is 15.8. The number of pyridine rings is 1. The summed E-state index contributed by atoms with van der Waals surface area (Å²) in [5.74, 6) is -0.995. The lowest BCUT2D eigenvalue weighted by Crippen LogP contribution is -2.24. The molecule has 140 valence electrons. The van der Waals surface area contributed by atoms with Gasteiger partial charge in [-0.2, -0.15) is 5.10 Å². The Bertz CT molecular complexity index is 828. The molecule has 2 rings (SSSR count). The monoisotopic (exact) mass is 359 g/mol. The Morgan fingerprint density at radius 2 is 2.04 bits per heavy atom. The van der Waals surface area contributed by atoms with E-state index in [0.29, 0.717) is 18.1 Å². The van der Waals surface area contributed by atoms with Crippen molar-refractivity contribution in [1.82, 2.24) is 14.8 Å². The molecule has 8 nitrogen and oxygen atoms in total. The van der Waals surface area contributed by atoms with Gasteiger partial charge < -0.3 is 15.3 Å². The number of nitrogens with zero attached hydrogens (tertiary/aromatic N) is 4. The molecule has 2 heterocycles. The Labute approximate surface area is 152 Å². The van der Waals surface area contributed by atoms with Crippen LogP contribution in [-0.2, 0) is 17.8 Å². The van der Waals surface area contributed by atoms with Crippen molar-refractivity contribution in [1.29, 1.82) is 0 Å². The molecule has 2 aromatic heterocycles. The van der Waals surface area contributed by atoms with E-state index in [0.717, 1.165) is 24.4 Å². The molecule has 0 aliphatic heterocycles. The zero-order chi connectivity index (χ0) is 19.4. The molecule has 26 heavy (non-hydrogen) atoms. The molecule has 2 aromatic rings. The van der Waals surface area contributed by atoms with Crippen LogP contribution in [0.15, 0.2) is 12.3 Å². The maximum absolute atomic E-state index is 11.6. The summed E-state index contributed by atoms with van der Waals surface area (Å²) in [6, 6.07) is 1.42. The van der Waals surface area contributed by atoms with Crippen LogP contribution in [0, 0.1) is 13.8 Å². The number of aryl methyl sites for hydroxylation is 2. The maximum atomic E-state index is 11.6. The average molecular weight is 359 g/mol. The molecule has 8 heteroatoms. The fourth-order valence-electron chi connectivity index (χ4n) is 2.98. The Balaban J connectivity index is 2.21. The van der Waals surface area contributed by atoms with E-state index >= 15 is 0 Å². The molecular weight excluding hydrogens is 334 g/mol. The first-order valence-corrected chi connectivity index (χ1v) is 8.49. The Morgan fingerprint density at radius 1 is 1.35 bits per heavy atom. The number of carbonyl (C=O) groups is 2. The van der Waals surface area contributed by atoms with Crippen molar-refractivity contribution in [3.8, 4) is 0 Å². The van der Waals surface area contributed by atoms with Gasteiger partial charge in [0.2, 0.25) is 5.91 Å². The van der Waals surface area contributed by atoms with Gasteiger partial charge in [0.15, 0.2) is 0 Å². The van der Waals surface area contributed by atoms with Gasteiger partial charge in [-0.25, -0.2) is 9.78 Å². The molecule has 0 aliphatic rings. The van der Waals surface area contributed by atoms with Crippen LogP contribution in [0.1, 0.15) is 41.2 Å². The van der Waals surface area contributed by atoms with E-state index in [1.54, 1.807) is 0 Å². The van der Waals surface area contributed by atoms with Gasteiger partial charge in [0.05, 0.1) is 17.6 Å². The molecule has 0 aromatic carbocycles. The van der Waals surface area contributed by atoms with E-state index < -0.39 is 5.97 Å². The van der Waals surface area contributed by atoms with Crippen LogP contribution >= 0.6 is 0 Å². The number of hydrogen-bond acceptors (Lipinski definition) is 5. The summed E-state index contributed by atoms with van der Waals surface area (Å²) < 4.78 is 1.97. The van der Waals surface area contributed by atoms with Crippen molar-refractivity contribution in [3.05, 3.63) is 34.8 Å². The number of carboxylic acids is 1. The van der Waals surface area contributed by atoms with Crippen LogP contribution in [0.4, 0.5) is 11.5 Å². The summed E-state index contributed by atoms with van der Waals surface area (Å²) in [5.41, 5.74) is 3.71. The Kier molecular flexibility index (Phi) is 5.97. The predicted octanol–water partition coefficient (Wildman–Crippen LogP) is 2.25. The molecule has 0 aliphatic carbocycles. The average Bonchev–Trinajstić information content (AvgIpc) is 2.85. The number of carboxylic acid groups (broad SMARTS) is 1. The number of likely N-dealkylation sites (N-methyl/N-ethyl adjacent to an activating group) is 1. The van der Waals surface area contributed by atoms with Gasteiger partial charge in [0.1, 0.15) is 11.4 Å². The highest BCUT2D eigenvalue weighted by Crippen LogP contribution is 2.22. The molecule has 0 saturated carbocycles. The van der Waals surface area contributed by atoms with E-state index in [1.165, 1.54) is 24.8 Å². The van der Waals surface area contributed by atoms with E-state index in [1.807, 2.05) is 30.5 Å². The largest absolute Gasteiger partial charge is 0.478 e. The highest BCUT2D eigenvalue weighted by Gasteiger charge is 2.18. The van der Waals surface area contributed by atoms with E-state index in [-0.39, 0.29) is 11.5 Å². The molecule has 0 unspecified atom stereocenters. The quantitative estimate of drug-likeness (QED) is 0.786. The number of anilines is 2. The molecule has 0 bridgehead atoms. The maximum Gasteiger partial charge on any atom is 0.339 e. The van der Waals surface area contributed by atoms with Crippen molar-refractivity contribution in [3.63, 3.8) is 0 Å². The van der Waals surface area contributed by atoms with Gasteiger partial charge >= 0.3 is 5.97 Å². The standard InChI is InChI=1S/C18H25N5O3/c1-6-23-12(3)15(11(2)21-23)7-8-22(5)17-16(18(25)26)9-14(10-19-17)20-13(4)24/h9-10H,6-8H2,1-5H3,(H,20,24)(H,25,26). The lowest BCUT2D eigenvalue weighted by molar-refractivity contribution is -0.114. The summed E-state index contributed by atoms with van der Waals surface area (Å²) in [5, 5.41) is 16.6. The smallest absolute Gasteiger partial charge is 0.339 e. The lowest BCUT2D eigenvalue weighted by Gasteiger charge is -2.20. The Hall–Kier alpha value is -2.90. The summed E-state index contributed by atoms with van der Waals surface area (Å²) in [7, 11) is 1.81. The van der Waals surface area contributed by atoms with E-state index in [4.69, 9.17) is 0 Å². The molecular formula is C18H25N5O3. The van der Waals surface area contributed by atoms with Crippen LogP contribution in [0.2, 0.25) is 0 Å². The van der Waals surface area contributed by atoms with Crippen LogP contribution in [-0.4, -0.2) is 45.3 Å². The first kappa shape index (κ1) is 19.4. The second kappa shape index (κ2) is 7.99. The van der Waals surface area contributed by atoms with E-state index in [9.17, 15) is 14.7 Å². The van der Waals surface area contributed by atoms with Gasteiger partial charge in [0.25, 0.3) is 0 Å². The number of aromatic nitrogens is 3. The normalized spacial score (nSPS) is 10.7. The van der Waals surface area contributed by atoms with Crippen LogP contribution < -0.4 is 10.2 Å². The molecule has 2 N–H and O–H groups in total. The minimum absolute atomic E-state index is 0.0523. The fourth-order valence-corrected chi connectivity index (χ4v) is 2.98. The van der Waals surface area contributed by atoms with Crippen molar-refractivity contribution in [2.75, 3.05) is 23.8 Å². The van der Waals surface area contributed by atoms with E-state index in [2.05, 4.69) is 22.3 Å². The predicted molar refractivity (Wildman–Crippen MR) is 99.8 cm³/mol. The molecule has 0 fully saturated rings. The second-order valence-electron chi connectivity index (χ2n) is 6.22. The van der Waals surface area contributed by atoms with Gasteiger partial charge in [-0.15, -0.1) is 0 Å². The topological polar surface area (TPSA) is 100 Å². The summed E-state index contributed by atoms with van der Waals surface area (Å²) >= 11 is 0. The van der Waals surface area contributed by atoms with Crippen molar-refractivity contribution < 1.29 is 14.7 Å². The first-order valence-electron chi connectivity index (χ1n) is 8.49. The van der Waals surface area contributed by atoms with Crippen LogP contribution in [0.25, 0.3) is 0 Å². The molecule has 0 atom stereocenters. The van der Waals surface area contributed by atoms with Crippen molar-refractivity contribution in [2.24, 2.45) is 0 Å². The summed E-state index contributed by atoms with van der Waals surface area (Å²) in [6.07, 6.45) is 2.20. The van der Waals surface area contributed by atoms with Crippen molar-refractivity contribution >= 4 is 23.4 Å². The van der Waals surface area contributed by atoms with Crippen LogP contribution in [0.3, 0.4) is 0 Å². The fraction of sp³-hybridized carbons (Fsp3) is 0.444. The van der Waals surface area contributed by atoms with Gasteiger partial charge in [-0.05, 0) is 38.8 Å². The zero-order valence-electron chi connectivity index (χ0n) is 15.8. The number of amides is 1. The molecule has 0 radical (unpaired) electrons. The van der Waals surface area contributed by atoms with Crippen molar-refractivity contribution in [2.45, 2.75) is 40.7 Å². The highest BCUT2D eigenvalue weighted by molar-refractivity contribution is 5.96. The number of nitrogens with one attached hydrogen (secondary N) is 1. The molecule has 1 amide bonds. The number of aromatic carboxylic acids is 1. The van der Waals surface area contributed by atoms with Crippen LogP contribution in [0.5, 0.6) is 0 Å². The van der Waals surface area contributed by atoms with Gasteiger partial charge in [0, 0.05) is 32.8 Å². The SMILES string of the molecule is CCn1nc(C)c(CCN(C)c2ncc(NC(C)=O)cc2C(=O)O)c1C. The Morgan fingerprint density at radius 3 is 2.58 bits per heavy atom. The third kappa shape index (κ3) is 4.19. The number of carbonyl (C=O) groups excluding carboxylic acids is 1. The summed E-state index contributed by atoms with van der Waals surface area (Å²) in [6.45, 7) is 8.86. The lowest BCUT2D eigenvalue weighted by atomic mass is 10.1. The van der Waals surface area contributed by atoms with Gasteiger partial charge in [-0.3, -0.25) is 9.48 Å². The summed E-state index contributed by atoms with van der Waals surface area (Å²) in [4.78, 5) is 28.8. The molecule has 0 spiro atoms. The highest BCUT2D eigenvalue weighted by atomic mass is 16.4. The second-order valence-corrected chi connectivity index (χ2v) is 6.22. The third-order valence-corrected chi connectivity index (χ3v) is 4.31. The minimum Gasteiger partial charge on any atom is -0.478 e. The molecule has 0 saturated heterocycles. The number of rotatable bonds is 7. The van der Waals surface area contributed by atoms with Gasteiger partial charge in [-0.1, -0.05) is 0 Å². The minimum atomic E-state index is -1.09. The first-order chi connectivity index (χ1) is 12.2.